The van der Waals surface area contributed by atoms with Crippen molar-refractivity contribution in [2.24, 2.45) is 0 Å². The molecule has 19 heavy (non-hydrogen) atoms. The van der Waals surface area contributed by atoms with Gasteiger partial charge in [-0.3, -0.25) is 4.79 Å². The number of nitrogens with zero attached hydrogens (tertiary/aromatic N) is 1. The number of carbonyl (C=O) groups excluding carboxylic acids is 1. The molecule has 0 fully saturated rings. The zero-order valence-electron chi connectivity index (χ0n) is 10.8. The lowest BCUT2D eigenvalue weighted by atomic mass is 10.0. The first-order chi connectivity index (χ1) is 9.22. The number of benzene rings is 1. The first kappa shape index (κ1) is 14.4. The fourth-order valence-corrected chi connectivity index (χ4v) is 3.03. The number of thioether (sulfide) groups is 1. The molecule has 0 saturated heterocycles. The smallest absolute Gasteiger partial charge is 0.236 e. The summed E-state index contributed by atoms with van der Waals surface area (Å²) in [6.07, 6.45) is 1.27. The number of hydrogen-bond donors (Lipinski definition) is 2. The van der Waals surface area contributed by atoms with Crippen LogP contribution in [0.3, 0.4) is 0 Å². The lowest BCUT2D eigenvalue weighted by Gasteiger charge is -2.29. The second-order valence-electron chi connectivity index (χ2n) is 4.63. The summed E-state index contributed by atoms with van der Waals surface area (Å²) in [7, 11) is 0. The Morgan fingerprint density at radius 1 is 1.42 bits per heavy atom. The first-order valence-corrected chi connectivity index (χ1v) is 7.62. The Hall–Kier alpha value is -1.04. The van der Waals surface area contributed by atoms with Gasteiger partial charge in [0.2, 0.25) is 5.91 Å². The molecule has 5 heteroatoms. The standard InChI is InChI=1S/C14H19NO3S/c16-8-12(17)9-19-10-14(18)15-7-3-5-11-4-1-2-6-13(11)15/h1-2,4,6,12,16-17H,3,5,7-10H2. The van der Waals surface area contributed by atoms with E-state index in [1.54, 1.807) is 0 Å². The second kappa shape index (κ2) is 6.93. The third-order valence-corrected chi connectivity index (χ3v) is 4.23. The molecule has 1 aromatic rings. The zero-order valence-corrected chi connectivity index (χ0v) is 11.6. The average Bonchev–Trinajstić information content (AvgIpc) is 2.46. The van der Waals surface area contributed by atoms with Gasteiger partial charge in [0.1, 0.15) is 0 Å². The van der Waals surface area contributed by atoms with Gasteiger partial charge >= 0.3 is 0 Å². The highest BCUT2D eigenvalue weighted by Gasteiger charge is 2.21. The topological polar surface area (TPSA) is 60.8 Å². The van der Waals surface area contributed by atoms with Gasteiger partial charge in [0, 0.05) is 18.0 Å². The molecule has 0 aromatic heterocycles. The summed E-state index contributed by atoms with van der Waals surface area (Å²) in [6, 6.07) is 8.00. The number of rotatable bonds is 5. The fourth-order valence-electron chi connectivity index (χ4n) is 2.21. The summed E-state index contributed by atoms with van der Waals surface area (Å²) in [5, 5.41) is 18.0. The molecule has 1 amide bonds. The second-order valence-corrected chi connectivity index (χ2v) is 5.66. The molecule has 2 rings (SSSR count). The molecule has 104 valence electrons. The van der Waals surface area contributed by atoms with Crippen LogP contribution in [0.5, 0.6) is 0 Å². The molecule has 0 aliphatic carbocycles. The number of hydrogen-bond acceptors (Lipinski definition) is 4. The van der Waals surface area contributed by atoms with Crippen molar-refractivity contribution in [2.75, 3.05) is 29.6 Å². The largest absolute Gasteiger partial charge is 0.394 e. The summed E-state index contributed by atoms with van der Waals surface area (Å²) < 4.78 is 0. The highest BCUT2D eigenvalue weighted by atomic mass is 32.2. The molecule has 1 atom stereocenters. The molecular weight excluding hydrogens is 262 g/mol. The van der Waals surface area contributed by atoms with E-state index >= 15 is 0 Å². The van der Waals surface area contributed by atoms with Crippen molar-refractivity contribution in [2.45, 2.75) is 18.9 Å². The Morgan fingerprint density at radius 3 is 3.00 bits per heavy atom. The van der Waals surface area contributed by atoms with Crippen molar-refractivity contribution in [3.05, 3.63) is 29.8 Å². The molecule has 0 spiro atoms. The number of carbonyl (C=O) groups is 1. The lowest BCUT2D eigenvalue weighted by molar-refractivity contribution is -0.116. The van der Waals surface area contributed by atoms with Gasteiger partial charge in [-0.1, -0.05) is 18.2 Å². The highest BCUT2D eigenvalue weighted by molar-refractivity contribution is 8.00. The zero-order chi connectivity index (χ0) is 13.7. The Morgan fingerprint density at radius 2 is 2.21 bits per heavy atom. The third kappa shape index (κ3) is 3.72. The number of aliphatic hydroxyl groups excluding tert-OH is 2. The van der Waals surface area contributed by atoms with E-state index in [-0.39, 0.29) is 12.5 Å². The van der Waals surface area contributed by atoms with Crippen molar-refractivity contribution in [1.82, 2.24) is 0 Å². The third-order valence-electron chi connectivity index (χ3n) is 3.16. The van der Waals surface area contributed by atoms with E-state index in [1.165, 1.54) is 17.3 Å². The van der Waals surface area contributed by atoms with Crippen LogP contribution in [0.2, 0.25) is 0 Å². The molecule has 0 saturated carbocycles. The Kier molecular flexibility index (Phi) is 5.24. The van der Waals surface area contributed by atoms with Crippen LogP contribution < -0.4 is 4.90 Å². The van der Waals surface area contributed by atoms with Crippen molar-refractivity contribution in [3.8, 4) is 0 Å². The van der Waals surface area contributed by atoms with Crippen LogP contribution in [-0.2, 0) is 11.2 Å². The molecule has 1 heterocycles. The summed E-state index contributed by atoms with van der Waals surface area (Å²) >= 11 is 1.36. The first-order valence-electron chi connectivity index (χ1n) is 6.47. The average molecular weight is 281 g/mol. The number of anilines is 1. The van der Waals surface area contributed by atoms with Gasteiger partial charge in [0.25, 0.3) is 0 Å². The van der Waals surface area contributed by atoms with E-state index in [9.17, 15) is 9.90 Å². The fraction of sp³-hybridized carbons (Fsp3) is 0.500. The van der Waals surface area contributed by atoms with Crippen LogP contribution in [0, 0.1) is 0 Å². The van der Waals surface area contributed by atoms with Crippen LogP contribution in [-0.4, -0.2) is 46.9 Å². The number of aryl methyl sites for hydroxylation is 1. The van der Waals surface area contributed by atoms with Crippen LogP contribution in [0.25, 0.3) is 0 Å². The van der Waals surface area contributed by atoms with E-state index in [1.807, 2.05) is 23.1 Å². The van der Waals surface area contributed by atoms with E-state index in [0.717, 1.165) is 25.1 Å². The maximum absolute atomic E-state index is 12.2. The van der Waals surface area contributed by atoms with E-state index in [2.05, 4.69) is 6.07 Å². The summed E-state index contributed by atoms with van der Waals surface area (Å²) in [6.45, 7) is 0.507. The van der Waals surface area contributed by atoms with E-state index in [4.69, 9.17) is 5.11 Å². The molecule has 1 aliphatic rings. The normalized spacial score (nSPS) is 16.0. The monoisotopic (exact) mass is 281 g/mol. The van der Waals surface area contributed by atoms with E-state index < -0.39 is 6.10 Å². The molecule has 1 aliphatic heterocycles. The molecule has 4 nitrogen and oxygen atoms in total. The van der Waals surface area contributed by atoms with Crippen molar-refractivity contribution in [1.29, 1.82) is 0 Å². The minimum atomic E-state index is -0.744. The molecule has 2 N–H and O–H groups in total. The maximum Gasteiger partial charge on any atom is 0.236 e. The molecule has 0 radical (unpaired) electrons. The van der Waals surface area contributed by atoms with Crippen LogP contribution >= 0.6 is 11.8 Å². The highest BCUT2D eigenvalue weighted by Crippen LogP contribution is 2.27. The predicted molar refractivity (Wildman–Crippen MR) is 77.5 cm³/mol. The minimum Gasteiger partial charge on any atom is -0.394 e. The number of fused-ring (bicyclic) bond motifs is 1. The van der Waals surface area contributed by atoms with Gasteiger partial charge in [-0.2, -0.15) is 0 Å². The Bertz CT molecular complexity index is 438. The quantitative estimate of drug-likeness (QED) is 0.847. The van der Waals surface area contributed by atoms with E-state index in [0.29, 0.717) is 11.5 Å². The summed E-state index contributed by atoms with van der Waals surface area (Å²) in [5.74, 6) is 0.797. The van der Waals surface area contributed by atoms with Gasteiger partial charge in [0.05, 0.1) is 18.5 Å². The number of amides is 1. The Labute approximate surface area is 117 Å². The lowest BCUT2D eigenvalue weighted by Crippen LogP contribution is -2.37. The summed E-state index contributed by atoms with van der Waals surface area (Å²) in [5.41, 5.74) is 2.24. The number of aliphatic hydroxyl groups is 2. The van der Waals surface area contributed by atoms with Gasteiger partial charge < -0.3 is 15.1 Å². The van der Waals surface area contributed by atoms with Crippen LogP contribution in [0.15, 0.2) is 24.3 Å². The van der Waals surface area contributed by atoms with Crippen molar-refractivity contribution < 1.29 is 15.0 Å². The van der Waals surface area contributed by atoms with Crippen LogP contribution in [0.4, 0.5) is 5.69 Å². The van der Waals surface area contributed by atoms with Gasteiger partial charge in [-0.25, -0.2) is 0 Å². The van der Waals surface area contributed by atoms with Crippen molar-refractivity contribution >= 4 is 23.4 Å². The van der Waals surface area contributed by atoms with Crippen molar-refractivity contribution in [3.63, 3.8) is 0 Å². The van der Waals surface area contributed by atoms with Gasteiger partial charge in [-0.15, -0.1) is 11.8 Å². The Balaban J connectivity index is 1.93. The molecule has 1 aromatic carbocycles. The van der Waals surface area contributed by atoms with Crippen LogP contribution in [0.1, 0.15) is 12.0 Å². The molecular formula is C14H19NO3S. The maximum atomic E-state index is 12.2. The number of para-hydroxylation sites is 1. The summed E-state index contributed by atoms with van der Waals surface area (Å²) in [4.78, 5) is 14.0. The SMILES string of the molecule is O=C(CSCC(O)CO)N1CCCc2ccccc21. The predicted octanol–water partition coefficient (Wildman–Crippen LogP) is 1.05. The molecule has 0 bridgehead atoms. The van der Waals surface area contributed by atoms with Gasteiger partial charge in [0.15, 0.2) is 0 Å². The molecule has 1 unspecified atom stereocenters. The minimum absolute atomic E-state index is 0.0716. The van der Waals surface area contributed by atoms with Gasteiger partial charge in [-0.05, 0) is 24.5 Å².